The predicted octanol–water partition coefficient (Wildman–Crippen LogP) is 3.14. The number of rotatable bonds is 4. The molecule has 1 aromatic carbocycles. The van der Waals surface area contributed by atoms with Gasteiger partial charge in [-0.15, -0.1) is 0 Å². The van der Waals surface area contributed by atoms with Gasteiger partial charge in [-0.05, 0) is 44.4 Å². The Morgan fingerprint density at radius 2 is 1.92 bits per heavy atom. The summed E-state index contributed by atoms with van der Waals surface area (Å²) in [6.45, 7) is 3.86. The minimum atomic E-state index is -4.37. The van der Waals surface area contributed by atoms with Gasteiger partial charge in [0, 0.05) is 19.1 Å². The van der Waals surface area contributed by atoms with Gasteiger partial charge in [0.05, 0.1) is 11.0 Å². The summed E-state index contributed by atoms with van der Waals surface area (Å²) in [6.07, 6.45) is -3.60. The lowest BCUT2D eigenvalue weighted by atomic mass is 9.90. The normalized spacial score (nSPS) is 21.9. The van der Waals surface area contributed by atoms with E-state index in [0.717, 1.165) is 12.1 Å². The molecule has 1 fully saturated rings. The summed E-state index contributed by atoms with van der Waals surface area (Å²) < 4.78 is 37.6. The molecule has 25 heavy (non-hydrogen) atoms. The van der Waals surface area contributed by atoms with Crippen molar-refractivity contribution in [1.29, 1.82) is 0 Å². The maximum Gasteiger partial charge on any atom is 0.416 e. The lowest BCUT2D eigenvalue weighted by Gasteiger charge is -2.23. The van der Waals surface area contributed by atoms with Gasteiger partial charge in [0.2, 0.25) is 0 Å². The van der Waals surface area contributed by atoms with Crippen LogP contribution in [0.1, 0.15) is 31.4 Å². The maximum absolute atomic E-state index is 12.5. The maximum atomic E-state index is 12.5. The molecular weight excluding hydrogens is 337 g/mol. The Morgan fingerprint density at radius 3 is 2.40 bits per heavy atom. The summed E-state index contributed by atoms with van der Waals surface area (Å²) >= 11 is 0. The van der Waals surface area contributed by atoms with Crippen molar-refractivity contribution in [2.75, 3.05) is 13.1 Å². The topological polar surface area (TPSA) is 69.6 Å². The second-order valence-electron chi connectivity index (χ2n) is 6.79. The van der Waals surface area contributed by atoms with Gasteiger partial charge in [0.25, 0.3) is 0 Å². The Balaban J connectivity index is 1.89. The van der Waals surface area contributed by atoms with E-state index >= 15 is 0 Å². The Morgan fingerprint density at radius 1 is 1.32 bits per heavy atom. The lowest BCUT2D eigenvalue weighted by Crippen LogP contribution is -2.44. The van der Waals surface area contributed by atoms with Crippen molar-refractivity contribution in [3.05, 3.63) is 35.4 Å². The highest BCUT2D eigenvalue weighted by molar-refractivity contribution is 5.79. The van der Waals surface area contributed by atoms with E-state index in [4.69, 9.17) is 0 Å². The molecule has 1 aliphatic heterocycles. The van der Waals surface area contributed by atoms with Crippen LogP contribution in [0, 0.1) is 5.41 Å². The van der Waals surface area contributed by atoms with E-state index in [-0.39, 0.29) is 18.6 Å². The molecule has 2 amide bonds. The van der Waals surface area contributed by atoms with Crippen LogP contribution in [-0.4, -0.2) is 41.1 Å². The van der Waals surface area contributed by atoms with Gasteiger partial charge in [-0.1, -0.05) is 12.1 Å². The van der Waals surface area contributed by atoms with Crippen LogP contribution in [0.15, 0.2) is 24.3 Å². The average molecular weight is 358 g/mol. The highest BCUT2D eigenvalue weighted by Gasteiger charge is 2.42. The van der Waals surface area contributed by atoms with Crippen molar-refractivity contribution in [3.63, 3.8) is 0 Å². The first kappa shape index (κ1) is 19.1. The standard InChI is InChI=1S/C17H21F3N2O3/c1-11(9-12-3-5-13(6-4-12)17(18,19)20)21-15(25)22-8-7-16(2,10-22)14(23)24/h3-6,11H,7-10H2,1-2H3,(H,21,25)(H,23,24). The highest BCUT2D eigenvalue weighted by atomic mass is 19.4. The van der Waals surface area contributed by atoms with Gasteiger partial charge >= 0.3 is 18.2 Å². The third kappa shape index (κ3) is 4.64. The average Bonchev–Trinajstić information content (AvgIpc) is 2.91. The zero-order valence-electron chi connectivity index (χ0n) is 14.1. The molecule has 5 nitrogen and oxygen atoms in total. The quantitative estimate of drug-likeness (QED) is 0.869. The number of benzene rings is 1. The van der Waals surface area contributed by atoms with Gasteiger partial charge in [-0.2, -0.15) is 13.2 Å². The van der Waals surface area contributed by atoms with Crippen LogP contribution < -0.4 is 5.32 Å². The second-order valence-corrected chi connectivity index (χ2v) is 6.79. The highest BCUT2D eigenvalue weighted by Crippen LogP contribution is 2.30. The lowest BCUT2D eigenvalue weighted by molar-refractivity contribution is -0.147. The van der Waals surface area contributed by atoms with Crippen molar-refractivity contribution in [3.8, 4) is 0 Å². The molecule has 1 aromatic rings. The first-order chi connectivity index (χ1) is 11.5. The number of carboxylic acids is 1. The summed E-state index contributed by atoms with van der Waals surface area (Å²) in [5.41, 5.74) is -0.968. The number of aliphatic carboxylic acids is 1. The van der Waals surface area contributed by atoms with Crippen LogP contribution in [0.5, 0.6) is 0 Å². The summed E-state index contributed by atoms with van der Waals surface area (Å²) in [5, 5.41) is 12.0. The smallest absolute Gasteiger partial charge is 0.416 e. The number of nitrogens with one attached hydrogen (secondary N) is 1. The summed E-state index contributed by atoms with van der Waals surface area (Å²) in [5.74, 6) is -0.930. The zero-order valence-corrected chi connectivity index (χ0v) is 14.1. The number of hydrogen-bond donors (Lipinski definition) is 2. The molecule has 0 aliphatic carbocycles. The fourth-order valence-corrected chi connectivity index (χ4v) is 2.85. The van der Waals surface area contributed by atoms with E-state index in [1.807, 2.05) is 0 Å². The fourth-order valence-electron chi connectivity index (χ4n) is 2.85. The van der Waals surface area contributed by atoms with Crippen LogP contribution in [0.4, 0.5) is 18.0 Å². The third-order valence-electron chi connectivity index (χ3n) is 4.47. The number of hydrogen-bond acceptors (Lipinski definition) is 2. The molecule has 2 rings (SSSR count). The number of carboxylic acid groups (broad SMARTS) is 1. The zero-order chi connectivity index (χ0) is 18.8. The molecule has 1 aliphatic rings. The molecular formula is C17H21F3N2O3. The number of nitrogens with zero attached hydrogens (tertiary/aromatic N) is 1. The molecule has 0 radical (unpaired) electrons. The molecule has 0 spiro atoms. The molecule has 1 heterocycles. The largest absolute Gasteiger partial charge is 0.481 e. The molecule has 2 N–H and O–H groups in total. The van der Waals surface area contributed by atoms with E-state index in [1.165, 1.54) is 17.0 Å². The molecule has 0 saturated carbocycles. The number of carbonyl (C=O) groups is 2. The van der Waals surface area contributed by atoms with Crippen LogP contribution in [0.3, 0.4) is 0 Å². The van der Waals surface area contributed by atoms with Gasteiger partial charge < -0.3 is 15.3 Å². The van der Waals surface area contributed by atoms with Crippen molar-refractivity contribution in [2.24, 2.45) is 5.41 Å². The van der Waals surface area contributed by atoms with Crippen LogP contribution in [0.25, 0.3) is 0 Å². The summed E-state index contributed by atoms with van der Waals surface area (Å²) in [4.78, 5) is 24.9. The number of urea groups is 1. The number of carbonyl (C=O) groups excluding carboxylic acids is 1. The van der Waals surface area contributed by atoms with E-state index in [9.17, 15) is 27.9 Å². The van der Waals surface area contributed by atoms with Crippen molar-refractivity contribution in [2.45, 2.75) is 38.9 Å². The number of alkyl halides is 3. The van der Waals surface area contributed by atoms with Crippen LogP contribution in [-0.2, 0) is 17.4 Å². The monoisotopic (exact) mass is 358 g/mol. The van der Waals surface area contributed by atoms with E-state index in [0.29, 0.717) is 24.9 Å². The first-order valence-electron chi connectivity index (χ1n) is 7.96. The minimum Gasteiger partial charge on any atom is -0.481 e. The van der Waals surface area contributed by atoms with Crippen molar-refractivity contribution in [1.82, 2.24) is 10.2 Å². The van der Waals surface area contributed by atoms with Gasteiger partial charge in [-0.25, -0.2) is 4.79 Å². The molecule has 2 atom stereocenters. The number of amides is 2. The van der Waals surface area contributed by atoms with Crippen molar-refractivity contribution < 1.29 is 27.9 Å². The minimum absolute atomic E-state index is 0.140. The van der Waals surface area contributed by atoms with Crippen LogP contribution in [0.2, 0.25) is 0 Å². The Hall–Kier alpha value is -2.25. The molecule has 8 heteroatoms. The van der Waals surface area contributed by atoms with E-state index in [1.54, 1.807) is 13.8 Å². The van der Waals surface area contributed by atoms with E-state index in [2.05, 4.69) is 5.32 Å². The molecule has 0 bridgehead atoms. The van der Waals surface area contributed by atoms with Gasteiger partial charge in [-0.3, -0.25) is 4.79 Å². The number of halogens is 3. The molecule has 1 saturated heterocycles. The Bertz CT molecular complexity index is 646. The van der Waals surface area contributed by atoms with E-state index < -0.39 is 23.1 Å². The van der Waals surface area contributed by atoms with Crippen molar-refractivity contribution >= 4 is 12.0 Å². The first-order valence-corrected chi connectivity index (χ1v) is 7.96. The Kier molecular flexibility index (Phi) is 5.29. The molecule has 0 aromatic heterocycles. The Labute approximate surface area is 143 Å². The SMILES string of the molecule is CC(Cc1ccc(C(F)(F)F)cc1)NC(=O)N1CCC(C)(C(=O)O)C1. The summed E-state index contributed by atoms with van der Waals surface area (Å²) in [7, 11) is 0. The summed E-state index contributed by atoms with van der Waals surface area (Å²) in [6, 6.07) is 4.17. The predicted molar refractivity (Wildman–Crippen MR) is 85.1 cm³/mol. The second kappa shape index (κ2) is 6.93. The fraction of sp³-hybridized carbons (Fsp3) is 0.529. The van der Waals surface area contributed by atoms with Gasteiger partial charge in [0.15, 0.2) is 0 Å². The third-order valence-corrected chi connectivity index (χ3v) is 4.47. The van der Waals surface area contributed by atoms with Gasteiger partial charge in [0.1, 0.15) is 0 Å². The van der Waals surface area contributed by atoms with Crippen LogP contribution >= 0.6 is 0 Å². The number of likely N-dealkylation sites (tertiary alicyclic amines) is 1. The molecule has 138 valence electrons. The molecule has 2 unspecified atom stereocenters.